The standard InChI is InChI=1S/C28H28N6/c1-33-14-11-19(12-15-33)17-25-32-26(27-28(29)30-13-16-34(25)27)22-8-7-21-9-10-23(31-24(21)18-22)20-5-3-2-4-6-20/h2-10,13,16,18-19H,11-12,14-15,17H2,1H3,(H2,29,30). The molecule has 5 aromatic rings. The van der Waals surface area contributed by atoms with Crippen molar-refractivity contribution in [2.24, 2.45) is 5.92 Å². The van der Waals surface area contributed by atoms with Crippen LogP contribution in [0.15, 0.2) is 73.1 Å². The summed E-state index contributed by atoms with van der Waals surface area (Å²) >= 11 is 0. The Labute approximate surface area is 199 Å². The van der Waals surface area contributed by atoms with Gasteiger partial charge < -0.3 is 10.6 Å². The van der Waals surface area contributed by atoms with Crippen LogP contribution < -0.4 is 5.73 Å². The molecule has 4 heterocycles. The normalized spacial score (nSPS) is 15.3. The zero-order chi connectivity index (χ0) is 23.1. The fourth-order valence-corrected chi connectivity index (χ4v) is 5.03. The van der Waals surface area contributed by atoms with Gasteiger partial charge in [0.1, 0.15) is 22.9 Å². The third-order valence-electron chi connectivity index (χ3n) is 7.00. The Balaban J connectivity index is 1.43. The molecule has 0 unspecified atom stereocenters. The van der Waals surface area contributed by atoms with Gasteiger partial charge in [0.25, 0.3) is 0 Å². The van der Waals surface area contributed by atoms with Crippen LogP contribution in [0.5, 0.6) is 0 Å². The molecule has 170 valence electrons. The molecule has 0 saturated carbocycles. The second-order valence-electron chi connectivity index (χ2n) is 9.33. The van der Waals surface area contributed by atoms with Crippen LogP contribution in [0.2, 0.25) is 0 Å². The number of benzene rings is 2. The highest BCUT2D eigenvalue weighted by atomic mass is 15.1. The van der Waals surface area contributed by atoms with E-state index in [1.54, 1.807) is 6.20 Å². The predicted molar refractivity (Wildman–Crippen MR) is 137 cm³/mol. The number of aromatic nitrogens is 4. The van der Waals surface area contributed by atoms with Crippen molar-refractivity contribution < 1.29 is 0 Å². The number of piperidine rings is 1. The van der Waals surface area contributed by atoms with Crippen LogP contribution >= 0.6 is 0 Å². The number of hydrogen-bond acceptors (Lipinski definition) is 5. The molecule has 0 radical (unpaired) electrons. The van der Waals surface area contributed by atoms with Crippen molar-refractivity contribution in [3.8, 4) is 22.5 Å². The number of anilines is 1. The summed E-state index contributed by atoms with van der Waals surface area (Å²) in [6.45, 7) is 2.29. The Morgan fingerprint density at radius 1 is 0.941 bits per heavy atom. The highest BCUT2D eigenvalue weighted by molar-refractivity contribution is 5.91. The molecule has 6 nitrogen and oxygen atoms in total. The van der Waals surface area contributed by atoms with Gasteiger partial charge in [0.15, 0.2) is 0 Å². The number of nitrogens with zero attached hydrogens (tertiary/aromatic N) is 5. The van der Waals surface area contributed by atoms with Crippen molar-refractivity contribution in [3.63, 3.8) is 0 Å². The van der Waals surface area contributed by atoms with Crippen molar-refractivity contribution in [1.82, 2.24) is 24.3 Å². The smallest absolute Gasteiger partial charge is 0.150 e. The van der Waals surface area contributed by atoms with Crippen molar-refractivity contribution >= 4 is 22.2 Å². The van der Waals surface area contributed by atoms with Crippen LogP contribution in [-0.2, 0) is 6.42 Å². The van der Waals surface area contributed by atoms with Gasteiger partial charge in [-0.2, -0.15) is 0 Å². The molecule has 0 bridgehead atoms. The fraction of sp³-hybridized carbons (Fsp3) is 0.250. The third kappa shape index (κ3) is 3.80. The van der Waals surface area contributed by atoms with Gasteiger partial charge in [-0.15, -0.1) is 0 Å². The van der Waals surface area contributed by atoms with E-state index in [9.17, 15) is 0 Å². The van der Waals surface area contributed by atoms with Crippen molar-refractivity contribution in [3.05, 3.63) is 78.9 Å². The molecule has 2 N–H and O–H groups in total. The fourth-order valence-electron chi connectivity index (χ4n) is 5.03. The first kappa shape index (κ1) is 20.8. The second-order valence-corrected chi connectivity index (χ2v) is 9.33. The van der Waals surface area contributed by atoms with E-state index in [0.29, 0.717) is 11.7 Å². The van der Waals surface area contributed by atoms with E-state index in [4.69, 9.17) is 15.7 Å². The van der Waals surface area contributed by atoms with Gasteiger partial charge in [-0.1, -0.05) is 48.5 Å². The molecule has 0 aliphatic carbocycles. The lowest BCUT2D eigenvalue weighted by molar-refractivity contribution is 0.217. The molecule has 0 spiro atoms. The first-order chi connectivity index (χ1) is 16.7. The SMILES string of the molecule is CN1CCC(Cc2nc(-c3ccc4ccc(-c5ccccc5)nc4c3)c3c(N)nccn23)CC1. The van der Waals surface area contributed by atoms with Gasteiger partial charge in [0.05, 0.1) is 11.2 Å². The van der Waals surface area contributed by atoms with Crippen molar-refractivity contribution in [1.29, 1.82) is 0 Å². The number of fused-ring (bicyclic) bond motifs is 2. The summed E-state index contributed by atoms with van der Waals surface area (Å²) < 4.78 is 2.13. The van der Waals surface area contributed by atoms with Crippen LogP contribution in [0.25, 0.3) is 38.9 Å². The third-order valence-corrected chi connectivity index (χ3v) is 7.00. The van der Waals surface area contributed by atoms with Gasteiger partial charge in [-0.3, -0.25) is 4.40 Å². The van der Waals surface area contributed by atoms with Gasteiger partial charge in [0.2, 0.25) is 0 Å². The maximum atomic E-state index is 6.38. The lowest BCUT2D eigenvalue weighted by atomic mass is 9.93. The zero-order valence-electron chi connectivity index (χ0n) is 19.4. The number of pyridine rings is 1. The maximum Gasteiger partial charge on any atom is 0.150 e. The van der Waals surface area contributed by atoms with Gasteiger partial charge >= 0.3 is 0 Å². The molecule has 34 heavy (non-hydrogen) atoms. The van der Waals surface area contributed by atoms with E-state index in [2.05, 4.69) is 63.8 Å². The minimum Gasteiger partial charge on any atom is -0.382 e. The zero-order valence-corrected chi connectivity index (χ0v) is 19.4. The summed E-state index contributed by atoms with van der Waals surface area (Å²) in [6, 6.07) is 20.8. The van der Waals surface area contributed by atoms with Crippen LogP contribution in [0.1, 0.15) is 18.7 Å². The quantitative estimate of drug-likeness (QED) is 0.415. The Morgan fingerprint density at radius 3 is 2.56 bits per heavy atom. The van der Waals surface area contributed by atoms with E-state index < -0.39 is 0 Å². The molecule has 0 amide bonds. The van der Waals surface area contributed by atoms with Gasteiger partial charge in [0, 0.05) is 35.3 Å². The minimum atomic E-state index is 0.505. The Hall–Kier alpha value is -3.77. The van der Waals surface area contributed by atoms with Crippen LogP contribution in [-0.4, -0.2) is 44.4 Å². The van der Waals surface area contributed by atoms with Gasteiger partial charge in [-0.25, -0.2) is 15.0 Å². The van der Waals surface area contributed by atoms with Crippen LogP contribution in [0, 0.1) is 5.92 Å². The summed E-state index contributed by atoms with van der Waals surface area (Å²) in [7, 11) is 2.20. The number of nitrogen functional groups attached to an aromatic ring is 1. The van der Waals surface area contributed by atoms with E-state index in [1.807, 2.05) is 24.4 Å². The van der Waals surface area contributed by atoms with Crippen molar-refractivity contribution in [2.45, 2.75) is 19.3 Å². The Bertz CT molecular complexity index is 1470. The monoisotopic (exact) mass is 448 g/mol. The summed E-state index contributed by atoms with van der Waals surface area (Å²) in [5.41, 5.74) is 12.2. The van der Waals surface area contributed by atoms with E-state index in [-0.39, 0.29) is 0 Å². The van der Waals surface area contributed by atoms with E-state index in [0.717, 1.165) is 64.3 Å². The summed E-state index contributed by atoms with van der Waals surface area (Å²) in [5, 5.41) is 1.10. The molecule has 1 fully saturated rings. The number of likely N-dealkylation sites (tertiary alicyclic amines) is 1. The van der Waals surface area contributed by atoms with Crippen LogP contribution in [0.4, 0.5) is 5.82 Å². The minimum absolute atomic E-state index is 0.505. The molecule has 1 saturated heterocycles. The molecular weight excluding hydrogens is 420 g/mol. The first-order valence-electron chi connectivity index (χ1n) is 11.9. The molecular formula is C28H28N6. The molecule has 2 aromatic carbocycles. The molecule has 6 rings (SSSR count). The Morgan fingerprint density at radius 2 is 1.74 bits per heavy atom. The molecule has 3 aromatic heterocycles. The Kier molecular flexibility index (Phi) is 5.23. The molecule has 1 aliphatic heterocycles. The summed E-state index contributed by atoms with van der Waals surface area (Å²) in [6.07, 6.45) is 7.09. The predicted octanol–water partition coefficient (Wildman–Crippen LogP) is 5.08. The van der Waals surface area contributed by atoms with Gasteiger partial charge in [-0.05, 0) is 51.0 Å². The largest absolute Gasteiger partial charge is 0.382 e. The second kappa shape index (κ2) is 8.54. The average Bonchev–Trinajstić information content (AvgIpc) is 3.25. The van der Waals surface area contributed by atoms with E-state index >= 15 is 0 Å². The average molecular weight is 449 g/mol. The lowest BCUT2D eigenvalue weighted by Gasteiger charge is -2.28. The highest BCUT2D eigenvalue weighted by Crippen LogP contribution is 2.32. The summed E-state index contributed by atoms with van der Waals surface area (Å²) in [5.74, 6) is 2.20. The van der Waals surface area contributed by atoms with E-state index in [1.165, 1.54) is 12.8 Å². The summed E-state index contributed by atoms with van der Waals surface area (Å²) in [4.78, 5) is 16.9. The molecule has 0 atom stereocenters. The van der Waals surface area contributed by atoms with Crippen LogP contribution in [0.3, 0.4) is 0 Å². The number of rotatable bonds is 4. The lowest BCUT2D eigenvalue weighted by Crippen LogP contribution is -2.31. The number of hydrogen-bond donors (Lipinski definition) is 1. The number of imidazole rings is 1. The van der Waals surface area contributed by atoms with Crippen molar-refractivity contribution in [2.75, 3.05) is 25.9 Å². The topological polar surface area (TPSA) is 72.3 Å². The molecule has 6 heteroatoms. The maximum absolute atomic E-state index is 6.38. The highest BCUT2D eigenvalue weighted by Gasteiger charge is 2.22. The number of nitrogens with two attached hydrogens (primary N) is 1. The molecule has 1 aliphatic rings. The first-order valence-corrected chi connectivity index (χ1v) is 11.9.